The van der Waals surface area contributed by atoms with E-state index in [1.165, 1.54) is 38.0 Å². The molecule has 120 valence electrons. The normalized spacial score (nSPS) is 15.0. The third-order valence-electron chi connectivity index (χ3n) is 3.58. The van der Waals surface area contributed by atoms with E-state index >= 15 is 0 Å². The Morgan fingerprint density at radius 3 is 1.86 bits per heavy atom. The van der Waals surface area contributed by atoms with Gasteiger partial charge in [-0.1, -0.05) is 45.9 Å². The molecule has 0 aromatic heterocycles. The highest BCUT2D eigenvalue weighted by Gasteiger charge is 2.09. The van der Waals surface area contributed by atoms with Gasteiger partial charge in [-0.2, -0.15) is 0 Å². The molecule has 0 bridgehead atoms. The minimum absolute atomic E-state index is 0.781. The van der Waals surface area contributed by atoms with Crippen LogP contribution in [0.5, 0.6) is 0 Å². The zero-order valence-corrected chi connectivity index (χ0v) is 14.4. The van der Waals surface area contributed by atoms with Crippen molar-refractivity contribution >= 4 is 5.69 Å². The molecule has 0 aliphatic carbocycles. The van der Waals surface area contributed by atoms with Crippen LogP contribution in [-0.4, -0.2) is 26.2 Å². The Kier molecular flexibility index (Phi) is 9.16. The first kappa shape index (κ1) is 18.0. The molecule has 1 N–H and O–H groups in total. The van der Waals surface area contributed by atoms with Gasteiger partial charge in [0.2, 0.25) is 0 Å². The van der Waals surface area contributed by atoms with E-state index in [1.54, 1.807) is 0 Å². The number of para-hydroxylation sites is 1. The van der Waals surface area contributed by atoms with E-state index in [2.05, 4.69) is 68.2 Å². The van der Waals surface area contributed by atoms with Crippen LogP contribution in [0.2, 0.25) is 0 Å². The molecule has 1 saturated heterocycles. The van der Waals surface area contributed by atoms with Gasteiger partial charge in [0.1, 0.15) is 0 Å². The number of hydrogen-bond acceptors (Lipinski definition) is 2. The van der Waals surface area contributed by atoms with Crippen molar-refractivity contribution in [2.75, 3.05) is 31.1 Å². The van der Waals surface area contributed by atoms with Crippen LogP contribution in [-0.2, 0) is 0 Å². The number of benzene rings is 1. The number of anilines is 1. The summed E-state index contributed by atoms with van der Waals surface area (Å²) in [5.74, 6) is 1.56. The molecular formula is C19H34N2. The van der Waals surface area contributed by atoms with Crippen LogP contribution in [0.1, 0.15) is 47.0 Å². The van der Waals surface area contributed by atoms with Crippen LogP contribution in [0, 0.1) is 11.8 Å². The molecule has 2 heteroatoms. The molecule has 0 spiro atoms. The molecule has 2 nitrogen and oxygen atoms in total. The molecular weight excluding hydrogens is 256 g/mol. The van der Waals surface area contributed by atoms with Crippen molar-refractivity contribution in [3.05, 3.63) is 30.3 Å². The molecule has 21 heavy (non-hydrogen) atoms. The first-order valence-corrected chi connectivity index (χ1v) is 8.60. The third kappa shape index (κ3) is 8.77. The fraction of sp³-hybridized carbons (Fsp3) is 0.684. The van der Waals surface area contributed by atoms with Crippen molar-refractivity contribution in [1.29, 1.82) is 0 Å². The number of nitrogens with zero attached hydrogens (tertiary/aromatic N) is 1. The minimum Gasteiger partial charge on any atom is -0.372 e. The van der Waals surface area contributed by atoms with E-state index in [9.17, 15) is 0 Å². The second kappa shape index (κ2) is 10.7. The second-order valence-electron chi connectivity index (χ2n) is 6.83. The quantitative estimate of drug-likeness (QED) is 0.855. The lowest BCUT2D eigenvalue weighted by Crippen LogP contribution is -2.29. The van der Waals surface area contributed by atoms with Gasteiger partial charge in [-0.05, 0) is 56.3 Å². The first-order chi connectivity index (χ1) is 10.1. The van der Waals surface area contributed by atoms with E-state index in [4.69, 9.17) is 0 Å². The van der Waals surface area contributed by atoms with Gasteiger partial charge in [0.05, 0.1) is 0 Å². The summed E-state index contributed by atoms with van der Waals surface area (Å²) in [5.41, 5.74) is 1.39. The maximum Gasteiger partial charge on any atom is 0.0366 e. The van der Waals surface area contributed by atoms with Crippen molar-refractivity contribution < 1.29 is 0 Å². The minimum atomic E-state index is 0.781. The number of hydrogen-bond donors (Lipinski definition) is 1. The molecule has 1 aliphatic heterocycles. The summed E-state index contributed by atoms with van der Waals surface area (Å²) in [6, 6.07) is 10.7. The number of rotatable bonds is 5. The molecule has 0 amide bonds. The van der Waals surface area contributed by atoms with E-state index < -0.39 is 0 Å². The molecule has 1 aromatic rings. The van der Waals surface area contributed by atoms with E-state index in [0.29, 0.717) is 0 Å². The Labute approximate surface area is 131 Å². The zero-order valence-electron chi connectivity index (χ0n) is 14.4. The standard InChI is InChI=1S/C11H15N.C8H19N/c1-3-7-11(8-4-1)12-9-5-2-6-10-12;1-7(2)5-9-6-8(3)4/h1,3-4,7-8H,2,5-6,9-10H2;7-9H,5-6H2,1-4H3. The molecule has 0 atom stereocenters. The van der Waals surface area contributed by atoms with Gasteiger partial charge >= 0.3 is 0 Å². The number of piperidine rings is 1. The molecule has 2 rings (SSSR count). The van der Waals surface area contributed by atoms with Gasteiger partial charge in [-0.25, -0.2) is 0 Å². The monoisotopic (exact) mass is 290 g/mol. The van der Waals surface area contributed by atoms with Crippen LogP contribution in [0.25, 0.3) is 0 Å². The van der Waals surface area contributed by atoms with E-state index in [1.807, 2.05) is 0 Å². The zero-order chi connectivity index (χ0) is 15.5. The molecule has 0 saturated carbocycles. The Hall–Kier alpha value is -1.02. The molecule has 1 heterocycles. The van der Waals surface area contributed by atoms with Crippen molar-refractivity contribution in [3.63, 3.8) is 0 Å². The fourth-order valence-corrected chi connectivity index (χ4v) is 2.45. The van der Waals surface area contributed by atoms with Gasteiger partial charge in [-0.15, -0.1) is 0 Å². The highest BCUT2D eigenvalue weighted by molar-refractivity contribution is 5.46. The second-order valence-corrected chi connectivity index (χ2v) is 6.83. The Morgan fingerprint density at radius 2 is 1.38 bits per heavy atom. The summed E-state index contributed by atoms with van der Waals surface area (Å²) >= 11 is 0. The maximum absolute atomic E-state index is 3.38. The molecule has 1 aromatic carbocycles. The lowest BCUT2D eigenvalue weighted by atomic mass is 10.1. The largest absolute Gasteiger partial charge is 0.372 e. The van der Waals surface area contributed by atoms with Gasteiger partial charge in [0.25, 0.3) is 0 Å². The van der Waals surface area contributed by atoms with Crippen molar-refractivity contribution in [3.8, 4) is 0 Å². The van der Waals surface area contributed by atoms with Gasteiger partial charge in [0.15, 0.2) is 0 Å². The SMILES string of the molecule is CC(C)CNCC(C)C.c1ccc(N2CCCCC2)cc1. The van der Waals surface area contributed by atoms with Crippen molar-refractivity contribution in [1.82, 2.24) is 5.32 Å². The molecule has 0 radical (unpaired) electrons. The van der Waals surface area contributed by atoms with Crippen molar-refractivity contribution in [2.45, 2.75) is 47.0 Å². The highest BCUT2D eigenvalue weighted by Crippen LogP contribution is 2.18. The summed E-state index contributed by atoms with van der Waals surface area (Å²) in [7, 11) is 0. The number of nitrogens with one attached hydrogen (secondary N) is 1. The van der Waals surface area contributed by atoms with E-state index in [-0.39, 0.29) is 0 Å². The molecule has 1 fully saturated rings. The van der Waals surface area contributed by atoms with E-state index in [0.717, 1.165) is 24.9 Å². The predicted octanol–water partition coefficient (Wildman–Crippen LogP) is 4.56. The van der Waals surface area contributed by atoms with Gasteiger partial charge < -0.3 is 10.2 Å². The summed E-state index contributed by atoms with van der Waals surface area (Å²) in [6.45, 7) is 13.7. The molecule has 1 aliphatic rings. The third-order valence-corrected chi connectivity index (χ3v) is 3.58. The lowest BCUT2D eigenvalue weighted by Gasteiger charge is -2.28. The highest BCUT2D eigenvalue weighted by atomic mass is 15.1. The average Bonchev–Trinajstić information content (AvgIpc) is 2.49. The Balaban J connectivity index is 0.000000222. The fourth-order valence-electron chi connectivity index (χ4n) is 2.45. The van der Waals surface area contributed by atoms with Gasteiger partial charge in [0, 0.05) is 18.8 Å². The van der Waals surface area contributed by atoms with Crippen LogP contribution in [0.4, 0.5) is 5.69 Å². The maximum atomic E-state index is 3.38. The van der Waals surface area contributed by atoms with Crippen LogP contribution >= 0.6 is 0 Å². The summed E-state index contributed by atoms with van der Waals surface area (Å²) in [6.07, 6.45) is 4.12. The summed E-state index contributed by atoms with van der Waals surface area (Å²) < 4.78 is 0. The molecule has 0 unspecified atom stereocenters. The van der Waals surface area contributed by atoms with Crippen LogP contribution < -0.4 is 10.2 Å². The first-order valence-electron chi connectivity index (χ1n) is 8.60. The Morgan fingerprint density at radius 1 is 0.857 bits per heavy atom. The summed E-state index contributed by atoms with van der Waals surface area (Å²) in [5, 5.41) is 3.38. The average molecular weight is 290 g/mol. The predicted molar refractivity (Wildman–Crippen MR) is 95.1 cm³/mol. The van der Waals surface area contributed by atoms with Crippen molar-refractivity contribution in [2.24, 2.45) is 11.8 Å². The van der Waals surface area contributed by atoms with Crippen LogP contribution in [0.15, 0.2) is 30.3 Å². The lowest BCUT2D eigenvalue weighted by molar-refractivity contribution is 0.497. The topological polar surface area (TPSA) is 15.3 Å². The van der Waals surface area contributed by atoms with Crippen LogP contribution in [0.3, 0.4) is 0 Å². The summed E-state index contributed by atoms with van der Waals surface area (Å²) in [4.78, 5) is 2.48. The van der Waals surface area contributed by atoms with Gasteiger partial charge in [-0.3, -0.25) is 0 Å². The smallest absolute Gasteiger partial charge is 0.0366 e. The Bertz CT molecular complexity index is 332.